The summed E-state index contributed by atoms with van der Waals surface area (Å²) in [5, 5.41) is 1.15. The highest BCUT2D eigenvalue weighted by Gasteiger charge is 2.20. The van der Waals surface area contributed by atoms with Crippen LogP contribution in [-0.2, 0) is 0 Å². The Morgan fingerprint density at radius 3 is 2.89 bits per heavy atom. The van der Waals surface area contributed by atoms with Gasteiger partial charge in [0.05, 0.1) is 11.2 Å². The van der Waals surface area contributed by atoms with E-state index in [0.29, 0.717) is 0 Å². The van der Waals surface area contributed by atoms with Gasteiger partial charge in [-0.3, -0.25) is 4.98 Å². The van der Waals surface area contributed by atoms with Crippen LogP contribution in [0.3, 0.4) is 0 Å². The van der Waals surface area contributed by atoms with Crippen molar-refractivity contribution in [2.75, 3.05) is 24.2 Å². The molecule has 1 aliphatic carbocycles. The van der Waals surface area contributed by atoms with Crippen LogP contribution in [-0.4, -0.2) is 18.6 Å². The van der Waals surface area contributed by atoms with Gasteiger partial charge in [0.2, 0.25) is 0 Å². The van der Waals surface area contributed by atoms with E-state index in [-0.39, 0.29) is 0 Å². The number of pyridine rings is 1. The highest BCUT2D eigenvalue weighted by atomic mass is 15.1. The van der Waals surface area contributed by atoms with E-state index in [9.17, 15) is 0 Å². The molecule has 1 aromatic carbocycles. The zero-order valence-corrected chi connectivity index (χ0v) is 10.8. The predicted molar refractivity (Wildman–Crippen MR) is 76.8 cm³/mol. The molecule has 1 aromatic heterocycles. The lowest BCUT2D eigenvalue weighted by atomic mass is 9.85. The van der Waals surface area contributed by atoms with Gasteiger partial charge in [0, 0.05) is 30.9 Å². The van der Waals surface area contributed by atoms with E-state index in [4.69, 9.17) is 5.73 Å². The van der Waals surface area contributed by atoms with Crippen LogP contribution in [0.4, 0.5) is 11.4 Å². The fourth-order valence-corrected chi connectivity index (χ4v) is 2.67. The molecule has 2 N–H and O–H groups in total. The smallest absolute Gasteiger partial charge is 0.0951 e. The van der Waals surface area contributed by atoms with Gasteiger partial charge < -0.3 is 10.6 Å². The summed E-state index contributed by atoms with van der Waals surface area (Å²) >= 11 is 0. The van der Waals surface area contributed by atoms with Crippen LogP contribution in [0.5, 0.6) is 0 Å². The van der Waals surface area contributed by atoms with Gasteiger partial charge in [0.25, 0.3) is 0 Å². The molecule has 3 heteroatoms. The molecule has 0 amide bonds. The van der Waals surface area contributed by atoms with Gasteiger partial charge in [-0.25, -0.2) is 0 Å². The number of hydrogen-bond donors (Lipinski definition) is 1. The molecular weight excluding hydrogens is 222 g/mol. The molecule has 0 radical (unpaired) electrons. The second-order valence-electron chi connectivity index (χ2n) is 5.25. The zero-order valence-electron chi connectivity index (χ0n) is 10.8. The van der Waals surface area contributed by atoms with Gasteiger partial charge in [0.1, 0.15) is 0 Å². The molecular formula is C15H19N3. The molecule has 94 valence electrons. The molecule has 0 spiro atoms. The van der Waals surface area contributed by atoms with E-state index in [0.717, 1.165) is 29.1 Å². The van der Waals surface area contributed by atoms with Crippen LogP contribution in [0.2, 0.25) is 0 Å². The molecule has 1 aliphatic rings. The Kier molecular flexibility index (Phi) is 2.82. The van der Waals surface area contributed by atoms with Crippen molar-refractivity contribution >= 4 is 22.3 Å². The monoisotopic (exact) mass is 241 g/mol. The SMILES string of the molecule is CN(CC1CCC1)c1ccc(N)c2ncccc12. The van der Waals surface area contributed by atoms with Crippen LogP contribution in [0, 0.1) is 5.92 Å². The Labute approximate surface area is 108 Å². The van der Waals surface area contributed by atoms with Crippen molar-refractivity contribution in [3.05, 3.63) is 30.5 Å². The molecule has 18 heavy (non-hydrogen) atoms. The van der Waals surface area contributed by atoms with Crippen molar-refractivity contribution in [1.29, 1.82) is 0 Å². The van der Waals surface area contributed by atoms with Gasteiger partial charge in [-0.2, -0.15) is 0 Å². The summed E-state index contributed by atoms with van der Waals surface area (Å²) in [7, 11) is 2.16. The van der Waals surface area contributed by atoms with E-state index in [1.54, 1.807) is 6.20 Å². The first kappa shape index (κ1) is 11.3. The summed E-state index contributed by atoms with van der Waals surface area (Å²) in [5.74, 6) is 0.860. The van der Waals surface area contributed by atoms with Gasteiger partial charge in [-0.15, -0.1) is 0 Å². The van der Waals surface area contributed by atoms with Crippen molar-refractivity contribution in [3.8, 4) is 0 Å². The maximum Gasteiger partial charge on any atom is 0.0951 e. The van der Waals surface area contributed by atoms with Crippen molar-refractivity contribution in [2.24, 2.45) is 5.92 Å². The Morgan fingerprint density at radius 2 is 2.17 bits per heavy atom. The third-order valence-corrected chi connectivity index (χ3v) is 3.95. The number of nitrogens with zero attached hydrogens (tertiary/aromatic N) is 2. The summed E-state index contributed by atoms with van der Waals surface area (Å²) < 4.78 is 0. The number of benzene rings is 1. The molecule has 2 aromatic rings. The summed E-state index contributed by atoms with van der Waals surface area (Å²) in [4.78, 5) is 6.73. The lowest BCUT2D eigenvalue weighted by Gasteiger charge is -2.31. The molecule has 0 unspecified atom stereocenters. The summed E-state index contributed by atoms with van der Waals surface area (Å²) in [6.45, 7) is 1.13. The van der Waals surface area contributed by atoms with Crippen molar-refractivity contribution < 1.29 is 0 Å². The topological polar surface area (TPSA) is 42.1 Å². The maximum absolute atomic E-state index is 5.98. The third-order valence-electron chi connectivity index (χ3n) is 3.95. The molecule has 0 aliphatic heterocycles. The summed E-state index contributed by atoms with van der Waals surface area (Å²) in [6.07, 6.45) is 5.93. The number of fused-ring (bicyclic) bond motifs is 1. The fraction of sp³-hybridized carbons (Fsp3) is 0.400. The molecule has 3 nitrogen and oxygen atoms in total. The van der Waals surface area contributed by atoms with Gasteiger partial charge in [0.15, 0.2) is 0 Å². The Balaban J connectivity index is 1.97. The summed E-state index contributed by atoms with van der Waals surface area (Å²) in [6, 6.07) is 8.15. The van der Waals surface area contributed by atoms with Gasteiger partial charge in [-0.05, 0) is 43.0 Å². The average Bonchev–Trinajstić information content (AvgIpc) is 2.34. The second kappa shape index (κ2) is 4.48. The zero-order chi connectivity index (χ0) is 12.5. The number of nitrogens with two attached hydrogens (primary N) is 1. The van der Waals surface area contributed by atoms with Crippen LogP contribution < -0.4 is 10.6 Å². The Morgan fingerprint density at radius 1 is 1.33 bits per heavy atom. The minimum atomic E-state index is 0.756. The first-order chi connectivity index (χ1) is 8.75. The minimum absolute atomic E-state index is 0.756. The van der Waals surface area contributed by atoms with E-state index in [1.807, 2.05) is 12.1 Å². The first-order valence-electron chi connectivity index (χ1n) is 6.60. The van der Waals surface area contributed by atoms with E-state index in [2.05, 4.69) is 29.1 Å². The normalized spacial score (nSPS) is 15.6. The van der Waals surface area contributed by atoms with E-state index < -0.39 is 0 Å². The molecule has 0 bridgehead atoms. The van der Waals surface area contributed by atoms with Crippen LogP contribution in [0.25, 0.3) is 10.9 Å². The van der Waals surface area contributed by atoms with Gasteiger partial charge >= 0.3 is 0 Å². The molecule has 1 fully saturated rings. The molecule has 1 heterocycles. The standard InChI is InChI=1S/C15H19N3/c1-18(10-11-4-2-5-11)14-8-7-13(16)15-12(14)6-3-9-17-15/h3,6-9,11H,2,4-5,10,16H2,1H3. The Bertz CT molecular complexity index is 561. The maximum atomic E-state index is 5.98. The Hall–Kier alpha value is -1.77. The molecule has 3 rings (SSSR count). The van der Waals surface area contributed by atoms with Crippen LogP contribution in [0.15, 0.2) is 30.5 Å². The van der Waals surface area contributed by atoms with Crippen molar-refractivity contribution in [3.63, 3.8) is 0 Å². The van der Waals surface area contributed by atoms with Crippen LogP contribution >= 0.6 is 0 Å². The highest BCUT2D eigenvalue weighted by molar-refractivity contribution is 5.98. The van der Waals surface area contributed by atoms with Crippen molar-refractivity contribution in [1.82, 2.24) is 4.98 Å². The largest absolute Gasteiger partial charge is 0.397 e. The van der Waals surface area contributed by atoms with E-state index in [1.165, 1.54) is 24.9 Å². The van der Waals surface area contributed by atoms with Crippen LogP contribution in [0.1, 0.15) is 19.3 Å². The number of aromatic nitrogens is 1. The lowest BCUT2D eigenvalue weighted by Crippen LogP contribution is -2.29. The number of hydrogen-bond acceptors (Lipinski definition) is 3. The molecule has 0 saturated heterocycles. The van der Waals surface area contributed by atoms with E-state index >= 15 is 0 Å². The first-order valence-corrected chi connectivity index (χ1v) is 6.60. The highest BCUT2D eigenvalue weighted by Crippen LogP contribution is 2.32. The predicted octanol–water partition coefficient (Wildman–Crippen LogP) is 3.05. The van der Waals surface area contributed by atoms with Gasteiger partial charge in [-0.1, -0.05) is 6.42 Å². The number of nitrogen functional groups attached to an aromatic ring is 1. The quantitative estimate of drug-likeness (QED) is 0.840. The molecule has 1 saturated carbocycles. The van der Waals surface area contributed by atoms with Crippen molar-refractivity contribution in [2.45, 2.75) is 19.3 Å². The number of rotatable bonds is 3. The summed E-state index contributed by atoms with van der Waals surface area (Å²) in [5.41, 5.74) is 8.89. The lowest BCUT2D eigenvalue weighted by molar-refractivity contribution is 0.321. The molecule has 0 atom stereocenters. The third kappa shape index (κ3) is 1.90. The fourth-order valence-electron chi connectivity index (χ4n) is 2.67. The second-order valence-corrected chi connectivity index (χ2v) is 5.25. The number of anilines is 2. The average molecular weight is 241 g/mol. The minimum Gasteiger partial charge on any atom is -0.397 e.